The number of amides is 1. The maximum atomic E-state index is 13.2. The van der Waals surface area contributed by atoms with Crippen molar-refractivity contribution in [2.24, 2.45) is 0 Å². The van der Waals surface area contributed by atoms with Gasteiger partial charge in [-0.1, -0.05) is 0 Å². The summed E-state index contributed by atoms with van der Waals surface area (Å²) in [5.74, 6) is 0.246. The average Bonchev–Trinajstić information content (AvgIpc) is 2.48. The van der Waals surface area contributed by atoms with Crippen LogP contribution in [-0.2, 0) is 21.5 Å². The Labute approximate surface area is 130 Å². The Morgan fingerprint density at radius 1 is 1.41 bits per heavy atom. The molecule has 1 spiro atoms. The lowest BCUT2D eigenvalue weighted by atomic mass is 9.71. The molecule has 2 fully saturated rings. The highest BCUT2D eigenvalue weighted by Gasteiger charge is 2.56. The first-order valence-corrected chi connectivity index (χ1v) is 8.01. The summed E-state index contributed by atoms with van der Waals surface area (Å²) in [6.07, 6.45) is 5.51. The molecule has 0 radical (unpaired) electrons. The normalized spacial score (nSPS) is 31.0. The van der Waals surface area contributed by atoms with E-state index in [0.717, 1.165) is 43.8 Å². The third kappa shape index (κ3) is 1.97. The van der Waals surface area contributed by atoms with E-state index in [0.29, 0.717) is 6.54 Å². The molecule has 6 heteroatoms. The van der Waals surface area contributed by atoms with Crippen molar-refractivity contribution >= 4 is 5.91 Å². The summed E-state index contributed by atoms with van der Waals surface area (Å²) in [6, 6.07) is 0.271. The SMILES string of the molecule is C[C@@H]1C[C@@H](N2Cc3cncnc3C3(CN(C)C3)C2=O)CCO1. The quantitative estimate of drug-likeness (QED) is 0.759. The second-order valence-electron chi connectivity index (χ2n) is 6.94. The van der Waals surface area contributed by atoms with E-state index in [9.17, 15) is 4.79 Å². The number of likely N-dealkylation sites (tertiary alicyclic amines) is 1. The molecular weight excluding hydrogens is 280 g/mol. The first kappa shape index (κ1) is 14.1. The number of carbonyl (C=O) groups excluding carboxylic acids is 1. The summed E-state index contributed by atoms with van der Waals surface area (Å²) in [5, 5.41) is 0. The van der Waals surface area contributed by atoms with Crippen molar-refractivity contribution in [2.45, 2.75) is 43.9 Å². The van der Waals surface area contributed by atoms with Gasteiger partial charge in [0.05, 0.1) is 11.8 Å². The lowest BCUT2D eigenvalue weighted by Gasteiger charge is -2.53. The molecule has 0 bridgehead atoms. The van der Waals surface area contributed by atoms with Crippen LogP contribution in [0, 0.1) is 0 Å². The third-order valence-electron chi connectivity index (χ3n) is 5.23. The van der Waals surface area contributed by atoms with Crippen LogP contribution in [0.15, 0.2) is 12.5 Å². The minimum atomic E-state index is -0.452. The van der Waals surface area contributed by atoms with Crippen molar-refractivity contribution in [1.82, 2.24) is 19.8 Å². The van der Waals surface area contributed by atoms with Gasteiger partial charge in [0.2, 0.25) is 5.91 Å². The van der Waals surface area contributed by atoms with Crippen LogP contribution >= 0.6 is 0 Å². The van der Waals surface area contributed by atoms with Gasteiger partial charge in [-0.05, 0) is 26.8 Å². The summed E-state index contributed by atoms with van der Waals surface area (Å²) in [5.41, 5.74) is 1.60. The predicted molar refractivity (Wildman–Crippen MR) is 80.2 cm³/mol. The molecule has 3 aliphatic heterocycles. The molecule has 2 atom stereocenters. The van der Waals surface area contributed by atoms with Crippen molar-refractivity contribution < 1.29 is 9.53 Å². The summed E-state index contributed by atoms with van der Waals surface area (Å²) >= 11 is 0. The van der Waals surface area contributed by atoms with Gasteiger partial charge in [0.1, 0.15) is 11.7 Å². The molecule has 0 N–H and O–H groups in total. The molecule has 118 valence electrons. The molecule has 0 aromatic carbocycles. The number of nitrogens with zero attached hydrogens (tertiary/aromatic N) is 4. The topological polar surface area (TPSA) is 58.6 Å². The van der Waals surface area contributed by atoms with Crippen LogP contribution in [0.4, 0.5) is 0 Å². The highest BCUT2D eigenvalue weighted by atomic mass is 16.5. The largest absolute Gasteiger partial charge is 0.378 e. The van der Waals surface area contributed by atoms with Gasteiger partial charge in [-0.2, -0.15) is 0 Å². The summed E-state index contributed by atoms with van der Waals surface area (Å²) < 4.78 is 5.64. The molecule has 2 saturated heterocycles. The van der Waals surface area contributed by atoms with Crippen LogP contribution < -0.4 is 0 Å². The Bertz CT molecular complexity index is 600. The Balaban J connectivity index is 1.70. The smallest absolute Gasteiger partial charge is 0.238 e. The van der Waals surface area contributed by atoms with E-state index in [-0.39, 0.29) is 18.1 Å². The van der Waals surface area contributed by atoms with Crippen molar-refractivity contribution in [3.63, 3.8) is 0 Å². The van der Waals surface area contributed by atoms with E-state index < -0.39 is 5.41 Å². The van der Waals surface area contributed by atoms with Gasteiger partial charge in [0.25, 0.3) is 0 Å². The molecule has 6 nitrogen and oxygen atoms in total. The molecule has 1 amide bonds. The van der Waals surface area contributed by atoms with Crippen molar-refractivity contribution in [1.29, 1.82) is 0 Å². The van der Waals surface area contributed by atoms with Crippen LogP contribution in [0.1, 0.15) is 31.0 Å². The van der Waals surface area contributed by atoms with Gasteiger partial charge < -0.3 is 14.5 Å². The zero-order valence-corrected chi connectivity index (χ0v) is 13.2. The van der Waals surface area contributed by atoms with Crippen molar-refractivity contribution in [3.05, 3.63) is 23.8 Å². The number of fused-ring (bicyclic) bond motifs is 2. The maximum Gasteiger partial charge on any atom is 0.238 e. The third-order valence-corrected chi connectivity index (χ3v) is 5.23. The Hall–Kier alpha value is -1.53. The number of aromatic nitrogens is 2. The Kier molecular flexibility index (Phi) is 3.20. The summed E-state index contributed by atoms with van der Waals surface area (Å²) in [6.45, 7) is 4.97. The molecule has 4 heterocycles. The number of hydrogen-bond donors (Lipinski definition) is 0. The van der Waals surface area contributed by atoms with E-state index in [2.05, 4.69) is 33.7 Å². The second kappa shape index (κ2) is 4.99. The second-order valence-corrected chi connectivity index (χ2v) is 6.94. The molecule has 4 rings (SSSR count). The predicted octanol–water partition coefficient (Wildman–Crippen LogP) is 0.570. The van der Waals surface area contributed by atoms with E-state index in [4.69, 9.17) is 4.74 Å². The van der Waals surface area contributed by atoms with Crippen molar-refractivity contribution in [3.8, 4) is 0 Å². The first-order chi connectivity index (χ1) is 10.6. The van der Waals surface area contributed by atoms with Gasteiger partial charge in [-0.3, -0.25) is 4.79 Å². The Morgan fingerprint density at radius 2 is 2.23 bits per heavy atom. The molecule has 1 aromatic heterocycles. The number of carbonyl (C=O) groups is 1. The Morgan fingerprint density at radius 3 is 2.95 bits per heavy atom. The van der Waals surface area contributed by atoms with Crippen molar-refractivity contribution in [2.75, 3.05) is 26.7 Å². The number of ether oxygens (including phenoxy) is 1. The minimum absolute atomic E-state index is 0.222. The molecule has 1 aromatic rings. The zero-order valence-electron chi connectivity index (χ0n) is 13.2. The lowest BCUT2D eigenvalue weighted by Crippen LogP contribution is -2.69. The van der Waals surface area contributed by atoms with Crippen LogP contribution in [0.3, 0.4) is 0 Å². The number of likely N-dealkylation sites (N-methyl/N-ethyl adjacent to an activating group) is 1. The highest BCUT2D eigenvalue weighted by molar-refractivity contribution is 5.91. The van der Waals surface area contributed by atoms with E-state index in [1.165, 1.54) is 0 Å². The van der Waals surface area contributed by atoms with Gasteiger partial charge in [-0.15, -0.1) is 0 Å². The number of rotatable bonds is 1. The number of hydrogen-bond acceptors (Lipinski definition) is 5. The average molecular weight is 302 g/mol. The van der Waals surface area contributed by atoms with Gasteiger partial charge in [-0.25, -0.2) is 9.97 Å². The summed E-state index contributed by atoms with van der Waals surface area (Å²) in [4.78, 5) is 26.1. The molecule has 3 aliphatic rings. The van der Waals surface area contributed by atoms with Gasteiger partial charge >= 0.3 is 0 Å². The minimum Gasteiger partial charge on any atom is -0.378 e. The van der Waals surface area contributed by atoms with Gasteiger partial charge in [0.15, 0.2) is 0 Å². The molecule has 0 aliphatic carbocycles. The monoisotopic (exact) mass is 302 g/mol. The molecule has 0 saturated carbocycles. The van der Waals surface area contributed by atoms with E-state index in [1.54, 1.807) is 6.33 Å². The van der Waals surface area contributed by atoms with Crippen LogP contribution in [0.2, 0.25) is 0 Å². The van der Waals surface area contributed by atoms with E-state index >= 15 is 0 Å². The fourth-order valence-corrected chi connectivity index (χ4v) is 4.25. The van der Waals surface area contributed by atoms with Crippen LogP contribution in [0.5, 0.6) is 0 Å². The fourth-order valence-electron chi connectivity index (χ4n) is 4.25. The molecule has 22 heavy (non-hydrogen) atoms. The van der Waals surface area contributed by atoms with Crippen LogP contribution in [0.25, 0.3) is 0 Å². The lowest BCUT2D eigenvalue weighted by molar-refractivity contribution is -0.152. The first-order valence-electron chi connectivity index (χ1n) is 8.01. The van der Waals surface area contributed by atoms with Gasteiger partial charge in [0, 0.05) is 44.0 Å². The van der Waals surface area contributed by atoms with Crippen LogP contribution in [-0.4, -0.2) is 64.6 Å². The summed E-state index contributed by atoms with van der Waals surface area (Å²) in [7, 11) is 2.05. The van der Waals surface area contributed by atoms with E-state index in [1.807, 2.05) is 6.20 Å². The molecular formula is C16H22N4O2. The zero-order chi connectivity index (χ0) is 15.3. The molecule has 0 unspecified atom stereocenters. The maximum absolute atomic E-state index is 13.2. The standard InChI is InChI=1S/C16H22N4O2/c1-11-5-13(3-4-22-11)20-7-12-6-17-10-18-14(12)16(15(20)21)8-19(2)9-16/h6,10-11,13H,3-5,7-9H2,1-2H3/t11-,13+/m1/s1. The fraction of sp³-hybridized carbons (Fsp3) is 0.688. The highest BCUT2D eigenvalue weighted by Crippen LogP contribution is 2.41.